The van der Waals surface area contributed by atoms with Gasteiger partial charge in [-0.15, -0.1) is 0 Å². The van der Waals surface area contributed by atoms with Gasteiger partial charge in [0.05, 0.1) is 49.4 Å². The second-order valence-electron chi connectivity index (χ2n) is 23.8. The number of carboxylic acid groups (broad SMARTS) is 2. The van der Waals surface area contributed by atoms with Crippen molar-refractivity contribution in [2.45, 2.75) is 139 Å². The third kappa shape index (κ3) is 14.0. The maximum Gasteiger partial charge on any atom is 0.314 e. The van der Waals surface area contributed by atoms with Gasteiger partial charge in [0, 0.05) is 23.1 Å². The van der Waals surface area contributed by atoms with Gasteiger partial charge in [-0.25, -0.2) is 0 Å². The molecule has 8 bridgehead atoms. The van der Waals surface area contributed by atoms with E-state index in [1.54, 1.807) is 18.2 Å². The van der Waals surface area contributed by atoms with E-state index in [0.717, 1.165) is 62.0 Å². The molecule has 4 atom stereocenters. The number of phenolic OH excluding ortho intramolecular Hbond substituents is 2. The summed E-state index contributed by atoms with van der Waals surface area (Å²) < 4.78 is 14.6. The number of halogens is 2. The summed E-state index contributed by atoms with van der Waals surface area (Å²) in [5.41, 5.74) is 3.62. The molecule has 4 unspecified atom stereocenters. The second-order valence-corrected chi connectivity index (χ2v) is 24.6. The highest BCUT2D eigenvalue weighted by molar-refractivity contribution is 6.30. The summed E-state index contributed by atoms with van der Waals surface area (Å²) in [7, 11) is 0. The molecule has 0 spiro atoms. The fourth-order valence-electron chi connectivity index (χ4n) is 15.1. The number of carboxylic acids is 2. The van der Waals surface area contributed by atoms with E-state index in [1.807, 2.05) is 24.3 Å². The normalized spacial score (nSPS) is 26.9. The smallest absolute Gasteiger partial charge is 0.314 e. The van der Waals surface area contributed by atoms with Gasteiger partial charge < -0.3 is 45.3 Å². The van der Waals surface area contributed by atoms with Gasteiger partial charge in [-0.1, -0.05) is 59.6 Å². The van der Waals surface area contributed by atoms with Gasteiger partial charge in [0.25, 0.3) is 0 Å². The Labute approximate surface area is 479 Å². The highest BCUT2D eigenvalue weighted by Crippen LogP contribution is 2.67. The minimum atomic E-state index is -1.16. The maximum absolute atomic E-state index is 13.8. The molecule has 13 rings (SSSR count). The predicted molar refractivity (Wildman–Crippen MR) is 295 cm³/mol. The van der Waals surface area contributed by atoms with Crippen LogP contribution >= 0.6 is 23.2 Å². The fourth-order valence-corrected chi connectivity index (χ4v) is 15.4. The Morgan fingerprint density at radius 2 is 0.926 bits per heavy atom. The zero-order valence-corrected chi connectivity index (χ0v) is 46.5. The molecule has 1 heterocycles. The summed E-state index contributed by atoms with van der Waals surface area (Å²) in [6, 6.07) is 25.8. The van der Waals surface area contributed by atoms with E-state index in [-0.39, 0.29) is 76.7 Å². The van der Waals surface area contributed by atoms with Crippen molar-refractivity contribution in [1.29, 1.82) is 0 Å². The Kier molecular flexibility index (Phi) is 17.8. The van der Waals surface area contributed by atoms with Gasteiger partial charge in [0.1, 0.15) is 0 Å². The summed E-state index contributed by atoms with van der Waals surface area (Å²) >= 11 is 12.3. The van der Waals surface area contributed by atoms with Crippen LogP contribution in [0.15, 0.2) is 84.9 Å². The Balaban J connectivity index is 0.000000183. The quantitative estimate of drug-likeness (QED) is 0.0234. The first-order valence-corrected chi connectivity index (χ1v) is 28.7. The number of nitrogens with one attached hydrogen (secondary N) is 2. The SMILES string of the molecule is O=C(NCCc1ccc(O)c(O)c1)C12CC3CC(C1)CC(c1ccc(Cl)cc1)(C3)C2.O=C(O)CCC(=O)Oc1ccc(CCNC(=O)C23CC4CC(C2)CC(c2ccc(Cl)cc2)(C4)C3)cc1OC(=O)CCC(=O)O.O=C1CCC(=O)O1. The van der Waals surface area contributed by atoms with E-state index in [0.29, 0.717) is 60.2 Å². The number of hydrogen-bond donors (Lipinski definition) is 6. The molecule has 2 amide bonds. The van der Waals surface area contributed by atoms with Gasteiger partial charge in [-0.3, -0.25) is 38.4 Å². The fraction of sp³-hybridized carbons (Fsp3) is 0.484. The van der Waals surface area contributed by atoms with Gasteiger partial charge in [0.15, 0.2) is 23.0 Å². The lowest BCUT2D eigenvalue weighted by molar-refractivity contribution is -0.152. The van der Waals surface area contributed by atoms with E-state index in [4.69, 9.17) is 42.9 Å². The van der Waals surface area contributed by atoms with Crippen molar-refractivity contribution in [3.05, 3.63) is 117 Å². The van der Waals surface area contributed by atoms with Crippen molar-refractivity contribution in [3.63, 3.8) is 0 Å². The Morgan fingerprint density at radius 3 is 1.32 bits per heavy atom. The van der Waals surface area contributed by atoms with Crippen LogP contribution in [0.3, 0.4) is 0 Å². The number of hydrogen-bond acceptors (Lipinski definition) is 13. The van der Waals surface area contributed by atoms with Crippen molar-refractivity contribution < 1.29 is 73.0 Å². The third-order valence-corrected chi connectivity index (χ3v) is 18.2. The largest absolute Gasteiger partial charge is 0.504 e. The Bertz CT molecular complexity index is 3030. The number of aliphatic carboxylic acids is 2. The summed E-state index contributed by atoms with van der Waals surface area (Å²) in [4.78, 5) is 93.3. The van der Waals surface area contributed by atoms with Crippen LogP contribution in [0.1, 0.15) is 138 Å². The standard InChI is InChI=1S/C33H36ClNO9.C25H28ClNO3.C4H4O3/c34-24-4-2-23(3-5-24)32-15-21-13-22(16-32)18-33(17-21,19-32)31(42)35-12-11-20-1-6-25(43-29(40)9-7-27(36)37)26(14-20)44-30(41)10-8-28(38)39;26-20-4-2-19(3-5-20)24-11-17-9-18(12-24)14-25(13-17,15-24)23(30)27-8-7-16-1-6-21(28)22(29)10-16;5-3-1-2-4(6)7-3/h1-6,14,21-22H,7-13,15-19H2,(H,35,42)(H,36,37)(H,38,39);1-6,10,17-18,28-29H,7-9,11-15H2,(H,27,30);1-2H2. The molecule has 9 fully saturated rings. The first kappa shape index (κ1) is 58.7. The molecule has 81 heavy (non-hydrogen) atoms. The lowest BCUT2D eigenvalue weighted by Gasteiger charge is -2.61. The number of aromatic hydroxyl groups is 2. The molecule has 4 aromatic carbocycles. The number of carbonyl (C=O) groups excluding carboxylic acids is 6. The molecule has 0 radical (unpaired) electrons. The third-order valence-electron chi connectivity index (χ3n) is 17.7. The number of esters is 4. The number of carbonyl (C=O) groups is 8. The minimum absolute atomic E-state index is 0.0108. The molecule has 1 saturated heterocycles. The molecule has 19 heteroatoms. The molecule has 430 valence electrons. The van der Waals surface area contributed by atoms with E-state index >= 15 is 0 Å². The van der Waals surface area contributed by atoms with Crippen LogP contribution in [0.4, 0.5) is 0 Å². The molecule has 17 nitrogen and oxygen atoms in total. The number of cyclic esters (lactones) is 2. The van der Waals surface area contributed by atoms with Crippen molar-refractivity contribution in [3.8, 4) is 23.0 Å². The topological polar surface area (TPSA) is 269 Å². The minimum Gasteiger partial charge on any atom is -0.504 e. The van der Waals surface area contributed by atoms with E-state index in [9.17, 15) is 48.6 Å². The average Bonchev–Trinajstić information content (AvgIpc) is 3.96. The van der Waals surface area contributed by atoms with Crippen molar-refractivity contribution in [1.82, 2.24) is 10.6 Å². The van der Waals surface area contributed by atoms with Gasteiger partial charge in [-0.05, 0) is 195 Å². The number of ether oxygens (including phenoxy) is 3. The van der Waals surface area contributed by atoms with Crippen molar-refractivity contribution in [2.75, 3.05) is 13.1 Å². The second kappa shape index (κ2) is 24.6. The van der Waals surface area contributed by atoms with Crippen LogP contribution in [-0.2, 0) is 66.8 Å². The molecule has 8 aliphatic carbocycles. The molecule has 0 aromatic heterocycles. The molecular formula is C62H68Cl2N2O15. The van der Waals surface area contributed by atoms with E-state index in [2.05, 4.69) is 39.6 Å². The van der Waals surface area contributed by atoms with Crippen LogP contribution < -0.4 is 20.1 Å². The molecule has 4 aromatic rings. The summed E-state index contributed by atoms with van der Waals surface area (Å²) in [5, 5.41) is 44.6. The Morgan fingerprint density at radius 1 is 0.519 bits per heavy atom. The van der Waals surface area contributed by atoms with Crippen LogP contribution in [0.2, 0.25) is 10.0 Å². The van der Waals surface area contributed by atoms with Crippen LogP contribution in [0.5, 0.6) is 23.0 Å². The van der Waals surface area contributed by atoms with Crippen LogP contribution in [-0.4, -0.2) is 81.1 Å². The summed E-state index contributed by atoms with van der Waals surface area (Å²) in [6.07, 6.45) is 12.5. The van der Waals surface area contributed by atoms with Gasteiger partial charge in [0.2, 0.25) is 11.8 Å². The highest BCUT2D eigenvalue weighted by atomic mass is 35.5. The number of amides is 2. The average molecular weight is 1150 g/mol. The summed E-state index contributed by atoms with van der Waals surface area (Å²) in [6.45, 7) is 0.877. The molecule has 1 aliphatic heterocycles. The first-order valence-electron chi connectivity index (χ1n) is 27.9. The zero-order chi connectivity index (χ0) is 57.7. The highest BCUT2D eigenvalue weighted by Gasteiger charge is 2.62. The number of rotatable bonds is 18. The van der Waals surface area contributed by atoms with Crippen molar-refractivity contribution in [2.24, 2.45) is 34.5 Å². The number of phenols is 2. The van der Waals surface area contributed by atoms with Crippen LogP contribution in [0, 0.1) is 34.5 Å². The predicted octanol–water partition coefficient (Wildman–Crippen LogP) is 9.88. The van der Waals surface area contributed by atoms with Crippen LogP contribution in [0.25, 0.3) is 0 Å². The Hall–Kier alpha value is -6.98. The van der Waals surface area contributed by atoms with Crippen molar-refractivity contribution >= 4 is 70.8 Å². The number of benzene rings is 4. The van der Waals surface area contributed by atoms with E-state index < -0.39 is 54.1 Å². The maximum atomic E-state index is 13.8. The summed E-state index contributed by atoms with van der Waals surface area (Å²) in [5.74, 6) is -2.63. The molecule has 8 saturated carbocycles. The lowest BCUT2D eigenvalue weighted by atomic mass is 9.42. The molecular weight excluding hydrogens is 1080 g/mol. The van der Waals surface area contributed by atoms with E-state index in [1.165, 1.54) is 55.0 Å². The molecule has 9 aliphatic rings. The van der Waals surface area contributed by atoms with Gasteiger partial charge in [-0.2, -0.15) is 0 Å². The first-order chi connectivity index (χ1) is 38.6. The molecule has 6 N–H and O–H groups in total. The van der Waals surface area contributed by atoms with Gasteiger partial charge >= 0.3 is 35.8 Å². The monoisotopic (exact) mass is 1150 g/mol. The lowest BCUT2D eigenvalue weighted by Crippen LogP contribution is -2.59. The zero-order valence-electron chi connectivity index (χ0n) is 45.0.